The Morgan fingerprint density at radius 1 is 1.04 bits per heavy atom. The smallest absolute Gasteiger partial charge is 0.308 e. The number of carbonyl (C=O) groups excluding carboxylic acids is 2. The quantitative estimate of drug-likeness (QED) is 0.798. The number of piperidine rings is 1. The van der Waals surface area contributed by atoms with Gasteiger partial charge >= 0.3 is 5.97 Å². The molecule has 1 aliphatic heterocycles. The van der Waals surface area contributed by atoms with E-state index >= 15 is 0 Å². The number of anilines is 1. The minimum Gasteiger partial charge on any atom is -0.469 e. The second-order valence-corrected chi connectivity index (χ2v) is 6.94. The third-order valence-electron chi connectivity index (χ3n) is 5.02. The molecule has 0 aromatic heterocycles. The fourth-order valence-electron chi connectivity index (χ4n) is 3.50. The van der Waals surface area contributed by atoms with Crippen molar-refractivity contribution in [3.8, 4) is 0 Å². The maximum absolute atomic E-state index is 12.5. The van der Waals surface area contributed by atoms with E-state index in [9.17, 15) is 9.59 Å². The Hall–Kier alpha value is -2.66. The average Bonchev–Trinajstić information content (AvgIpc) is 2.70. The number of carbonyl (C=O) groups is 2. The molecule has 0 unspecified atom stereocenters. The van der Waals surface area contributed by atoms with Crippen LogP contribution < -0.4 is 5.32 Å². The van der Waals surface area contributed by atoms with Gasteiger partial charge in [-0.05, 0) is 49.5 Å². The zero-order valence-electron chi connectivity index (χ0n) is 15.7. The second-order valence-electron chi connectivity index (χ2n) is 6.94. The van der Waals surface area contributed by atoms with E-state index in [0.29, 0.717) is 6.54 Å². The number of para-hydroxylation sites is 1. The average molecular weight is 366 g/mol. The van der Waals surface area contributed by atoms with Crippen molar-refractivity contribution in [2.24, 2.45) is 5.92 Å². The number of esters is 1. The van der Waals surface area contributed by atoms with Gasteiger partial charge in [-0.25, -0.2) is 0 Å². The highest BCUT2D eigenvalue weighted by atomic mass is 16.5. The summed E-state index contributed by atoms with van der Waals surface area (Å²) < 4.78 is 4.81. The summed E-state index contributed by atoms with van der Waals surface area (Å²) in [4.78, 5) is 26.2. The molecule has 5 heteroatoms. The van der Waals surface area contributed by atoms with Crippen LogP contribution in [0, 0.1) is 5.92 Å². The minimum atomic E-state index is -0.144. The van der Waals surface area contributed by atoms with Gasteiger partial charge in [0, 0.05) is 5.69 Å². The fraction of sp³-hybridized carbons (Fsp3) is 0.364. The molecule has 0 bridgehead atoms. The number of hydrogen-bond donors (Lipinski definition) is 1. The van der Waals surface area contributed by atoms with Gasteiger partial charge in [-0.15, -0.1) is 0 Å². The van der Waals surface area contributed by atoms with Crippen LogP contribution in [-0.2, 0) is 20.7 Å². The molecular formula is C22H26N2O3. The first kappa shape index (κ1) is 19.1. The number of nitrogens with one attached hydrogen (secondary N) is 1. The minimum absolute atomic E-state index is 0.0213. The summed E-state index contributed by atoms with van der Waals surface area (Å²) in [7, 11) is 1.43. The van der Waals surface area contributed by atoms with E-state index in [0.717, 1.165) is 43.6 Å². The lowest BCUT2D eigenvalue weighted by atomic mass is 9.97. The van der Waals surface area contributed by atoms with Crippen LogP contribution in [0.1, 0.15) is 24.0 Å². The summed E-state index contributed by atoms with van der Waals surface area (Å²) in [6, 6.07) is 18.1. The van der Waals surface area contributed by atoms with Crippen LogP contribution in [0.2, 0.25) is 0 Å². The van der Waals surface area contributed by atoms with Gasteiger partial charge < -0.3 is 10.1 Å². The van der Waals surface area contributed by atoms with Crippen molar-refractivity contribution in [2.45, 2.75) is 19.3 Å². The zero-order chi connectivity index (χ0) is 19.1. The molecule has 5 nitrogen and oxygen atoms in total. The van der Waals surface area contributed by atoms with E-state index in [-0.39, 0.29) is 17.8 Å². The molecule has 27 heavy (non-hydrogen) atoms. The number of ether oxygens (including phenoxy) is 1. The van der Waals surface area contributed by atoms with E-state index in [2.05, 4.69) is 22.3 Å². The van der Waals surface area contributed by atoms with Crippen LogP contribution in [-0.4, -0.2) is 43.5 Å². The topological polar surface area (TPSA) is 58.6 Å². The number of nitrogens with zero attached hydrogens (tertiary/aromatic N) is 1. The van der Waals surface area contributed by atoms with Gasteiger partial charge in [-0.3, -0.25) is 14.5 Å². The highest BCUT2D eigenvalue weighted by Gasteiger charge is 2.26. The molecule has 0 atom stereocenters. The predicted molar refractivity (Wildman–Crippen MR) is 105 cm³/mol. The lowest BCUT2D eigenvalue weighted by Gasteiger charge is -2.30. The van der Waals surface area contributed by atoms with Crippen molar-refractivity contribution in [1.29, 1.82) is 0 Å². The van der Waals surface area contributed by atoms with E-state index in [1.165, 1.54) is 12.7 Å². The monoisotopic (exact) mass is 366 g/mol. The van der Waals surface area contributed by atoms with Gasteiger partial charge in [-0.2, -0.15) is 0 Å². The lowest BCUT2D eigenvalue weighted by Crippen LogP contribution is -2.41. The summed E-state index contributed by atoms with van der Waals surface area (Å²) in [5, 5.41) is 3.05. The Morgan fingerprint density at radius 2 is 1.70 bits per heavy atom. The molecule has 0 saturated carbocycles. The lowest BCUT2D eigenvalue weighted by molar-refractivity contribution is -0.147. The zero-order valence-corrected chi connectivity index (χ0v) is 15.7. The molecule has 1 heterocycles. The third-order valence-corrected chi connectivity index (χ3v) is 5.02. The number of likely N-dealkylation sites (tertiary alicyclic amines) is 1. The fourth-order valence-corrected chi connectivity index (χ4v) is 3.50. The molecule has 1 amide bonds. The van der Waals surface area contributed by atoms with Crippen molar-refractivity contribution < 1.29 is 14.3 Å². The molecule has 2 aromatic rings. The highest BCUT2D eigenvalue weighted by Crippen LogP contribution is 2.20. The highest BCUT2D eigenvalue weighted by molar-refractivity contribution is 5.93. The van der Waals surface area contributed by atoms with E-state index in [4.69, 9.17) is 4.74 Å². The van der Waals surface area contributed by atoms with Crippen molar-refractivity contribution in [2.75, 3.05) is 32.1 Å². The number of methoxy groups -OCH3 is 1. The molecule has 0 aliphatic carbocycles. The summed E-state index contributed by atoms with van der Waals surface area (Å²) in [5.74, 6) is -0.207. The second kappa shape index (κ2) is 9.33. The van der Waals surface area contributed by atoms with Crippen LogP contribution in [0.4, 0.5) is 5.69 Å². The Morgan fingerprint density at radius 3 is 2.41 bits per heavy atom. The summed E-state index contributed by atoms with van der Waals surface area (Å²) in [5.41, 5.74) is 3.17. The third kappa shape index (κ3) is 5.41. The SMILES string of the molecule is COC(=O)C1CCN(CC(=O)Nc2ccccc2Cc2ccccc2)CC1. The predicted octanol–water partition coefficient (Wildman–Crippen LogP) is 3.10. The molecule has 3 rings (SSSR count). The van der Waals surface area contributed by atoms with Crippen LogP contribution in [0.3, 0.4) is 0 Å². The van der Waals surface area contributed by atoms with Crippen LogP contribution in [0.15, 0.2) is 54.6 Å². The van der Waals surface area contributed by atoms with Crippen molar-refractivity contribution in [1.82, 2.24) is 4.90 Å². The van der Waals surface area contributed by atoms with Gasteiger partial charge in [0.05, 0.1) is 19.6 Å². The molecule has 0 spiro atoms. The van der Waals surface area contributed by atoms with E-state index in [1.807, 2.05) is 42.5 Å². The number of amides is 1. The Balaban J connectivity index is 1.55. The van der Waals surface area contributed by atoms with Crippen molar-refractivity contribution in [3.63, 3.8) is 0 Å². The molecule has 142 valence electrons. The van der Waals surface area contributed by atoms with E-state index < -0.39 is 0 Å². The molecular weight excluding hydrogens is 340 g/mol. The van der Waals surface area contributed by atoms with Gasteiger partial charge in [0.1, 0.15) is 0 Å². The normalized spacial score (nSPS) is 15.3. The maximum atomic E-state index is 12.5. The summed E-state index contributed by atoms with van der Waals surface area (Å²) >= 11 is 0. The molecule has 1 saturated heterocycles. The van der Waals surface area contributed by atoms with E-state index in [1.54, 1.807) is 0 Å². The van der Waals surface area contributed by atoms with Gasteiger partial charge in [0.2, 0.25) is 5.91 Å². The van der Waals surface area contributed by atoms with Gasteiger partial charge in [0.15, 0.2) is 0 Å². The molecule has 1 aliphatic rings. The molecule has 0 radical (unpaired) electrons. The first-order valence-electron chi connectivity index (χ1n) is 9.37. The standard InChI is InChI=1S/C22H26N2O3/c1-27-22(26)18-11-13-24(14-12-18)16-21(25)23-20-10-6-5-9-19(20)15-17-7-3-2-4-8-17/h2-10,18H,11-16H2,1H3,(H,23,25). The molecule has 1 N–H and O–H groups in total. The number of rotatable bonds is 6. The number of hydrogen-bond acceptors (Lipinski definition) is 4. The Labute approximate surface area is 160 Å². The van der Waals surface area contributed by atoms with Crippen LogP contribution in [0.25, 0.3) is 0 Å². The van der Waals surface area contributed by atoms with Gasteiger partial charge in [0.25, 0.3) is 0 Å². The Kier molecular flexibility index (Phi) is 6.60. The van der Waals surface area contributed by atoms with Gasteiger partial charge in [-0.1, -0.05) is 48.5 Å². The van der Waals surface area contributed by atoms with Crippen LogP contribution in [0.5, 0.6) is 0 Å². The van der Waals surface area contributed by atoms with Crippen LogP contribution >= 0.6 is 0 Å². The Bertz CT molecular complexity index is 768. The number of benzene rings is 2. The maximum Gasteiger partial charge on any atom is 0.308 e. The molecule has 2 aromatic carbocycles. The summed E-state index contributed by atoms with van der Waals surface area (Å²) in [6.45, 7) is 1.81. The molecule has 1 fully saturated rings. The first-order chi connectivity index (χ1) is 13.2. The largest absolute Gasteiger partial charge is 0.469 e. The van der Waals surface area contributed by atoms with Crippen molar-refractivity contribution in [3.05, 3.63) is 65.7 Å². The van der Waals surface area contributed by atoms with Crippen molar-refractivity contribution >= 4 is 17.6 Å². The first-order valence-corrected chi connectivity index (χ1v) is 9.37. The summed E-state index contributed by atoms with van der Waals surface area (Å²) in [6.07, 6.45) is 2.26.